The molecule has 0 amide bonds. The van der Waals surface area contributed by atoms with Gasteiger partial charge in [0.05, 0.1) is 0 Å². The molecule has 6 heteroatoms. The van der Waals surface area contributed by atoms with Crippen LogP contribution >= 0.6 is 0 Å². The Morgan fingerprint density at radius 1 is 0.263 bits per heavy atom. The van der Waals surface area contributed by atoms with Crippen LogP contribution in [0.5, 0.6) is 0 Å². The molecule has 0 radical (unpaired) electrons. The Kier molecular flexibility index (Phi) is 64.3. The second-order valence-corrected chi connectivity index (χ2v) is 22.4. The molecule has 0 aromatic heterocycles. The van der Waals surface area contributed by atoms with Crippen LogP contribution in [0, 0.1) is 0 Å². The average molecular weight is 1110 g/mol. The van der Waals surface area contributed by atoms with Gasteiger partial charge in [0.2, 0.25) is 0 Å². The number of allylic oxidation sites excluding steroid dienone is 18. The summed E-state index contributed by atoms with van der Waals surface area (Å²) in [4.78, 5) is 38.4. The van der Waals surface area contributed by atoms with Gasteiger partial charge in [0.25, 0.3) is 0 Å². The summed E-state index contributed by atoms with van der Waals surface area (Å²) in [6.07, 6.45) is 92.5. The highest BCUT2D eigenvalue weighted by Gasteiger charge is 2.19. The monoisotopic (exact) mass is 1110 g/mol. The zero-order valence-corrected chi connectivity index (χ0v) is 52.6. The van der Waals surface area contributed by atoms with Gasteiger partial charge in [-0.1, -0.05) is 304 Å². The van der Waals surface area contributed by atoms with Gasteiger partial charge >= 0.3 is 17.9 Å². The van der Waals surface area contributed by atoms with Crippen molar-refractivity contribution in [2.45, 2.75) is 329 Å². The smallest absolute Gasteiger partial charge is 0.306 e. The third-order valence-electron chi connectivity index (χ3n) is 14.5. The minimum absolute atomic E-state index is 0.0944. The van der Waals surface area contributed by atoms with E-state index in [9.17, 15) is 14.4 Å². The van der Waals surface area contributed by atoms with Crippen LogP contribution in [-0.4, -0.2) is 37.2 Å². The molecule has 0 aliphatic rings. The van der Waals surface area contributed by atoms with Crippen molar-refractivity contribution < 1.29 is 28.6 Å². The Bertz CT molecular complexity index is 1610. The van der Waals surface area contributed by atoms with Gasteiger partial charge < -0.3 is 14.2 Å². The van der Waals surface area contributed by atoms with Gasteiger partial charge in [-0.2, -0.15) is 0 Å². The lowest BCUT2D eigenvalue weighted by Gasteiger charge is -2.18. The standard InChI is InChI=1S/C74H126O6/c1-4-7-10-13-16-19-22-25-28-30-32-34-35-36-37-38-39-41-42-44-46-49-52-55-58-61-64-67-73(76)79-70-71(69-78-72(75)66-63-60-57-54-51-48-27-24-21-18-15-12-9-6-3)80-74(77)68-65-62-59-56-53-50-47-45-43-40-33-31-29-26-23-20-17-14-11-8-5-2/h8,11,17,20,22,25-26,29-30,32-33,35-36,40,45,47,53,56,71H,4-7,9-10,12-16,18-19,21,23-24,27-28,31,34,37-39,41-44,46,48-52,54-55,57-70H2,1-3H3/b11-8-,20-17-,25-22-,29-26-,32-30-,36-35-,40-33-,47-45-,56-53-. The second kappa shape index (κ2) is 67.6. The van der Waals surface area contributed by atoms with Gasteiger partial charge in [-0.25, -0.2) is 0 Å². The first-order valence-corrected chi connectivity index (χ1v) is 33.9. The molecule has 0 aromatic carbocycles. The van der Waals surface area contributed by atoms with Gasteiger partial charge in [0, 0.05) is 19.3 Å². The van der Waals surface area contributed by atoms with Crippen molar-refractivity contribution in [1.82, 2.24) is 0 Å². The first-order chi connectivity index (χ1) is 39.5. The lowest BCUT2D eigenvalue weighted by atomic mass is 10.0. The van der Waals surface area contributed by atoms with Crippen LogP contribution in [0.3, 0.4) is 0 Å². The Labute approximate surface area is 495 Å². The molecule has 0 saturated heterocycles. The third-order valence-corrected chi connectivity index (χ3v) is 14.5. The summed E-state index contributed by atoms with van der Waals surface area (Å²) in [6, 6.07) is 0. The van der Waals surface area contributed by atoms with Gasteiger partial charge in [0.15, 0.2) is 6.10 Å². The van der Waals surface area contributed by atoms with E-state index in [1.54, 1.807) is 0 Å². The fraction of sp³-hybridized carbons (Fsp3) is 0.716. The molecule has 0 bridgehead atoms. The molecule has 0 saturated carbocycles. The maximum Gasteiger partial charge on any atom is 0.306 e. The molecular formula is C74H126O6. The van der Waals surface area contributed by atoms with Crippen molar-refractivity contribution in [2.24, 2.45) is 0 Å². The van der Waals surface area contributed by atoms with Gasteiger partial charge in [0.1, 0.15) is 13.2 Å². The predicted molar refractivity (Wildman–Crippen MR) is 348 cm³/mol. The van der Waals surface area contributed by atoms with E-state index in [4.69, 9.17) is 14.2 Å². The number of esters is 3. The highest BCUT2D eigenvalue weighted by atomic mass is 16.6. The molecule has 0 aliphatic heterocycles. The fourth-order valence-corrected chi connectivity index (χ4v) is 9.45. The summed E-state index contributed by atoms with van der Waals surface area (Å²) in [6.45, 7) is 6.51. The van der Waals surface area contributed by atoms with Crippen molar-refractivity contribution in [2.75, 3.05) is 13.2 Å². The van der Waals surface area contributed by atoms with E-state index < -0.39 is 6.10 Å². The molecule has 1 unspecified atom stereocenters. The van der Waals surface area contributed by atoms with E-state index in [1.165, 1.54) is 173 Å². The molecule has 0 N–H and O–H groups in total. The number of carbonyl (C=O) groups excluding carboxylic acids is 3. The van der Waals surface area contributed by atoms with Crippen LogP contribution in [0.25, 0.3) is 0 Å². The largest absolute Gasteiger partial charge is 0.462 e. The second-order valence-electron chi connectivity index (χ2n) is 22.4. The highest BCUT2D eigenvalue weighted by molar-refractivity contribution is 5.71. The van der Waals surface area contributed by atoms with Crippen molar-refractivity contribution in [3.8, 4) is 0 Å². The number of hydrogen-bond donors (Lipinski definition) is 0. The number of hydrogen-bond acceptors (Lipinski definition) is 6. The normalized spacial score (nSPS) is 12.8. The maximum absolute atomic E-state index is 12.9. The van der Waals surface area contributed by atoms with E-state index in [0.29, 0.717) is 19.3 Å². The highest BCUT2D eigenvalue weighted by Crippen LogP contribution is 2.16. The Morgan fingerprint density at radius 2 is 0.487 bits per heavy atom. The molecule has 0 rings (SSSR count). The van der Waals surface area contributed by atoms with E-state index in [1.807, 2.05) is 0 Å². The summed E-state index contributed by atoms with van der Waals surface area (Å²) in [5.74, 6) is -0.929. The van der Waals surface area contributed by atoms with E-state index in [2.05, 4.69) is 130 Å². The molecule has 458 valence electrons. The van der Waals surface area contributed by atoms with Crippen LogP contribution in [-0.2, 0) is 28.6 Å². The predicted octanol–water partition coefficient (Wildman–Crippen LogP) is 23.4. The van der Waals surface area contributed by atoms with Crippen LogP contribution in [0.2, 0.25) is 0 Å². The first kappa shape index (κ1) is 76.1. The van der Waals surface area contributed by atoms with Crippen molar-refractivity contribution in [3.63, 3.8) is 0 Å². The van der Waals surface area contributed by atoms with Crippen LogP contribution in [0.4, 0.5) is 0 Å². The maximum atomic E-state index is 12.9. The summed E-state index contributed by atoms with van der Waals surface area (Å²) in [5, 5.41) is 0. The summed E-state index contributed by atoms with van der Waals surface area (Å²) >= 11 is 0. The zero-order valence-electron chi connectivity index (χ0n) is 52.6. The van der Waals surface area contributed by atoms with Gasteiger partial charge in [-0.15, -0.1) is 0 Å². The van der Waals surface area contributed by atoms with Crippen LogP contribution in [0.1, 0.15) is 323 Å². The molecular weight excluding hydrogens is 985 g/mol. The van der Waals surface area contributed by atoms with Gasteiger partial charge in [-0.05, 0) is 109 Å². The van der Waals surface area contributed by atoms with E-state index in [-0.39, 0.29) is 37.5 Å². The molecule has 80 heavy (non-hydrogen) atoms. The number of unbranched alkanes of at least 4 members (excludes halogenated alkanes) is 32. The summed E-state index contributed by atoms with van der Waals surface area (Å²) in [5.41, 5.74) is 0. The van der Waals surface area contributed by atoms with Crippen molar-refractivity contribution >= 4 is 17.9 Å². The molecule has 0 spiro atoms. The van der Waals surface area contributed by atoms with E-state index >= 15 is 0 Å². The lowest BCUT2D eigenvalue weighted by molar-refractivity contribution is -0.167. The topological polar surface area (TPSA) is 78.9 Å². The Hall–Kier alpha value is -3.93. The molecule has 0 aliphatic carbocycles. The first-order valence-electron chi connectivity index (χ1n) is 33.9. The SMILES string of the molecule is CC/C=C\C/C=C\C/C=C\C/C=C\C/C=C\C/C=C\CCCCC(=O)OC(COC(=O)CCCCCCCCCCCCCC/C=C\C/C=C\C/C=C\CCCCCCC)COC(=O)CCCCCCCCCCCCCCCC. The fourth-order valence-electron chi connectivity index (χ4n) is 9.45. The number of carbonyl (C=O) groups is 3. The minimum atomic E-state index is -0.803. The zero-order chi connectivity index (χ0) is 57.8. The molecule has 0 heterocycles. The Balaban J connectivity index is 4.38. The molecule has 1 atom stereocenters. The summed E-state index contributed by atoms with van der Waals surface area (Å²) < 4.78 is 16.9. The third kappa shape index (κ3) is 64.9. The van der Waals surface area contributed by atoms with Crippen molar-refractivity contribution in [1.29, 1.82) is 0 Å². The average Bonchev–Trinajstić information content (AvgIpc) is 3.46. The summed E-state index contributed by atoms with van der Waals surface area (Å²) in [7, 11) is 0. The van der Waals surface area contributed by atoms with Crippen molar-refractivity contribution in [3.05, 3.63) is 109 Å². The molecule has 6 nitrogen and oxygen atoms in total. The lowest BCUT2D eigenvalue weighted by Crippen LogP contribution is -2.30. The van der Waals surface area contributed by atoms with Crippen LogP contribution < -0.4 is 0 Å². The minimum Gasteiger partial charge on any atom is -0.462 e. The number of ether oxygens (including phenoxy) is 3. The van der Waals surface area contributed by atoms with Crippen LogP contribution in [0.15, 0.2) is 109 Å². The van der Waals surface area contributed by atoms with E-state index in [0.717, 1.165) is 103 Å². The molecule has 0 fully saturated rings. The molecule has 0 aromatic rings. The number of rotatable bonds is 61. The quantitative estimate of drug-likeness (QED) is 0.0261. The Morgan fingerprint density at radius 3 is 0.787 bits per heavy atom. The van der Waals surface area contributed by atoms with Gasteiger partial charge in [-0.3, -0.25) is 14.4 Å².